The second-order valence-electron chi connectivity index (χ2n) is 5.26. The topological polar surface area (TPSA) is 26.3 Å². The van der Waals surface area contributed by atoms with E-state index >= 15 is 0 Å². The van der Waals surface area contributed by atoms with Gasteiger partial charge >= 0.3 is 5.97 Å². The van der Waals surface area contributed by atoms with Gasteiger partial charge in [0, 0.05) is 6.42 Å². The molecule has 2 aliphatic carbocycles. The number of carbonyl (C=O) groups is 1. The van der Waals surface area contributed by atoms with E-state index in [0.717, 1.165) is 6.42 Å². The minimum Gasteiger partial charge on any atom is -0.465 e. The number of halogens is 4. The zero-order valence-corrected chi connectivity index (χ0v) is 10.3. The Labute approximate surface area is 108 Å². The van der Waals surface area contributed by atoms with E-state index in [2.05, 4.69) is 6.08 Å². The quantitative estimate of drug-likeness (QED) is 0.423. The van der Waals surface area contributed by atoms with Gasteiger partial charge in [-0.3, -0.25) is 4.79 Å². The lowest BCUT2D eigenvalue weighted by Gasteiger charge is -2.19. The Morgan fingerprint density at radius 2 is 2.05 bits per heavy atom. The van der Waals surface area contributed by atoms with Crippen molar-refractivity contribution in [2.45, 2.75) is 38.0 Å². The number of hydrogen-bond donors (Lipinski definition) is 0. The summed E-state index contributed by atoms with van der Waals surface area (Å²) in [5.41, 5.74) is 0. The van der Waals surface area contributed by atoms with Crippen molar-refractivity contribution in [3.63, 3.8) is 0 Å². The zero-order chi connectivity index (χ0) is 14.0. The molecule has 19 heavy (non-hydrogen) atoms. The maximum Gasteiger partial charge on any atom is 0.309 e. The molecule has 2 aliphatic rings. The van der Waals surface area contributed by atoms with E-state index in [0.29, 0.717) is 12.3 Å². The van der Waals surface area contributed by atoms with Crippen LogP contribution in [-0.4, -0.2) is 24.9 Å². The molecule has 0 aromatic carbocycles. The van der Waals surface area contributed by atoms with E-state index in [-0.39, 0.29) is 11.8 Å². The van der Waals surface area contributed by atoms with Gasteiger partial charge in [-0.15, -0.1) is 0 Å². The molecular formula is C13H16F4O2. The van der Waals surface area contributed by atoms with Crippen LogP contribution in [0.3, 0.4) is 0 Å². The average molecular weight is 280 g/mol. The van der Waals surface area contributed by atoms with Gasteiger partial charge in [-0.05, 0) is 24.7 Å². The second-order valence-corrected chi connectivity index (χ2v) is 5.26. The van der Waals surface area contributed by atoms with E-state index < -0.39 is 37.8 Å². The summed E-state index contributed by atoms with van der Waals surface area (Å²) in [7, 11) is 0. The highest BCUT2D eigenvalue weighted by molar-refractivity contribution is 5.74. The van der Waals surface area contributed by atoms with Crippen molar-refractivity contribution in [1.29, 1.82) is 0 Å². The third-order valence-electron chi connectivity index (χ3n) is 3.75. The van der Waals surface area contributed by atoms with Crippen LogP contribution in [0.25, 0.3) is 0 Å². The van der Waals surface area contributed by atoms with E-state index in [1.165, 1.54) is 0 Å². The second kappa shape index (κ2) is 5.51. The van der Waals surface area contributed by atoms with Crippen molar-refractivity contribution < 1.29 is 27.1 Å². The van der Waals surface area contributed by atoms with Crippen molar-refractivity contribution in [3.05, 3.63) is 12.2 Å². The number of allylic oxidation sites excluding steroid dienone is 2. The highest BCUT2D eigenvalue weighted by atomic mass is 19.3. The first-order valence-electron chi connectivity index (χ1n) is 6.38. The molecule has 0 heterocycles. The van der Waals surface area contributed by atoms with Crippen LogP contribution in [0.5, 0.6) is 0 Å². The normalized spacial score (nSPS) is 29.2. The van der Waals surface area contributed by atoms with Gasteiger partial charge < -0.3 is 4.74 Å². The average Bonchev–Trinajstić information content (AvgIpc) is 2.88. The molecule has 2 bridgehead atoms. The van der Waals surface area contributed by atoms with Crippen molar-refractivity contribution in [2.24, 2.45) is 17.8 Å². The van der Waals surface area contributed by atoms with Crippen LogP contribution < -0.4 is 0 Å². The maximum absolute atomic E-state index is 13.0. The summed E-state index contributed by atoms with van der Waals surface area (Å²) < 4.78 is 54.5. The number of ether oxygens (including phenoxy) is 1. The van der Waals surface area contributed by atoms with E-state index in [1.54, 1.807) is 0 Å². The van der Waals surface area contributed by atoms with Gasteiger partial charge in [-0.2, -0.15) is 0 Å². The number of alkyl halides is 4. The number of esters is 1. The van der Waals surface area contributed by atoms with E-state index in [4.69, 9.17) is 4.74 Å². The molecule has 1 saturated carbocycles. The molecule has 0 radical (unpaired) electrons. The van der Waals surface area contributed by atoms with E-state index in [9.17, 15) is 22.4 Å². The van der Waals surface area contributed by atoms with Crippen molar-refractivity contribution in [2.75, 3.05) is 6.61 Å². The Kier molecular flexibility index (Phi) is 4.16. The molecule has 2 rings (SSSR count). The third kappa shape index (κ3) is 3.70. The standard InChI is InChI=1S/C13H16F4O2/c14-11(15)7-13(16,17)3-4-19-12(18)10-6-8-1-2-9(10)5-8/h1-2,8-11H,3-7H2. The van der Waals surface area contributed by atoms with Crippen LogP contribution in [-0.2, 0) is 9.53 Å². The van der Waals surface area contributed by atoms with Crippen molar-refractivity contribution in [1.82, 2.24) is 0 Å². The summed E-state index contributed by atoms with van der Waals surface area (Å²) in [4.78, 5) is 11.7. The van der Waals surface area contributed by atoms with Crippen LogP contribution in [0.4, 0.5) is 17.6 Å². The molecule has 0 aromatic rings. The molecule has 0 spiro atoms. The van der Waals surface area contributed by atoms with Crippen molar-refractivity contribution >= 4 is 5.97 Å². The highest BCUT2D eigenvalue weighted by Crippen LogP contribution is 2.43. The van der Waals surface area contributed by atoms with Crippen LogP contribution in [0.2, 0.25) is 0 Å². The van der Waals surface area contributed by atoms with Crippen LogP contribution in [0, 0.1) is 17.8 Å². The maximum atomic E-state index is 13.0. The van der Waals surface area contributed by atoms with Gasteiger partial charge in [0.2, 0.25) is 6.43 Å². The number of rotatable bonds is 6. The number of fused-ring (bicyclic) bond motifs is 2. The Bertz CT molecular complexity index is 368. The first-order valence-corrected chi connectivity index (χ1v) is 6.38. The fourth-order valence-electron chi connectivity index (χ4n) is 2.79. The third-order valence-corrected chi connectivity index (χ3v) is 3.75. The molecule has 108 valence electrons. The molecule has 0 amide bonds. The predicted octanol–water partition coefficient (Wildman–Crippen LogP) is 3.42. The number of hydrogen-bond acceptors (Lipinski definition) is 2. The summed E-state index contributed by atoms with van der Waals surface area (Å²) >= 11 is 0. The van der Waals surface area contributed by atoms with Gasteiger partial charge in [-0.1, -0.05) is 12.2 Å². The predicted molar refractivity (Wildman–Crippen MR) is 60.0 cm³/mol. The summed E-state index contributed by atoms with van der Waals surface area (Å²) in [5.74, 6) is -3.67. The lowest BCUT2D eigenvalue weighted by Crippen LogP contribution is -2.26. The molecular weight excluding hydrogens is 264 g/mol. The van der Waals surface area contributed by atoms with E-state index in [1.807, 2.05) is 6.08 Å². The molecule has 2 nitrogen and oxygen atoms in total. The van der Waals surface area contributed by atoms with Gasteiger partial charge in [0.05, 0.1) is 18.9 Å². The Morgan fingerprint density at radius 3 is 2.58 bits per heavy atom. The minimum absolute atomic E-state index is 0.152. The molecule has 3 atom stereocenters. The Morgan fingerprint density at radius 1 is 1.32 bits per heavy atom. The fourth-order valence-corrected chi connectivity index (χ4v) is 2.79. The summed E-state index contributed by atoms with van der Waals surface area (Å²) in [5, 5.41) is 0. The molecule has 0 N–H and O–H groups in total. The lowest BCUT2D eigenvalue weighted by molar-refractivity contribution is -0.152. The van der Waals surface area contributed by atoms with Gasteiger partial charge in [0.15, 0.2) is 0 Å². The first-order chi connectivity index (χ1) is 8.87. The Hall–Kier alpha value is -1.07. The van der Waals surface area contributed by atoms with Crippen LogP contribution >= 0.6 is 0 Å². The largest absolute Gasteiger partial charge is 0.465 e. The number of carbonyl (C=O) groups excluding carboxylic acids is 1. The Balaban J connectivity index is 1.71. The first kappa shape index (κ1) is 14.3. The molecule has 3 unspecified atom stereocenters. The van der Waals surface area contributed by atoms with Crippen molar-refractivity contribution in [3.8, 4) is 0 Å². The van der Waals surface area contributed by atoms with Crippen LogP contribution in [0.15, 0.2) is 12.2 Å². The monoisotopic (exact) mass is 280 g/mol. The summed E-state index contributed by atoms with van der Waals surface area (Å²) in [6, 6.07) is 0. The summed E-state index contributed by atoms with van der Waals surface area (Å²) in [6.07, 6.45) is 0.258. The fraction of sp³-hybridized carbons (Fsp3) is 0.769. The lowest BCUT2D eigenvalue weighted by atomic mass is 9.94. The minimum atomic E-state index is -3.48. The molecule has 0 aromatic heterocycles. The summed E-state index contributed by atoms with van der Waals surface area (Å²) in [6.45, 7) is -0.504. The molecule has 0 aliphatic heterocycles. The smallest absolute Gasteiger partial charge is 0.309 e. The van der Waals surface area contributed by atoms with Gasteiger partial charge in [-0.25, -0.2) is 17.6 Å². The molecule has 0 saturated heterocycles. The molecule has 6 heteroatoms. The van der Waals surface area contributed by atoms with Crippen LogP contribution in [0.1, 0.15) is 25.7 Å². The SMILES string of the molecule is O=C(OCCC(F)(F)CC(F)F)C1CC2C=CC1C2. The zero-order valence-electron chi connectivity index (χ0n) is 10.3. The molecule has 1 fully saturated rings. The van der Waals surface area contributed by atoms with Gasteiger partial charge in [0.25, 0.3) is 5.92 Å². The highest BCUT2D eigenvalue weighted by Gasteiger charge is 2.41. The van der Waals surface area contributed by atoms with Gasteiger partial charge in [0.1, 0.15) is 0 Å².